The van der Waals surface area contributed by atoms with Crippen molar-refractivity contribution in [3.8, 4) is 11.5 Å². The van der Waals surface area contributed by atoms with Crippen LogP contribution in [0.1, 0.15) is 29.8 Å². The summed E-state index contributed by atoms with van der Waals surface area (Å²) in [6.45, 7) is 6.91. The Labute approximate surface area is 200 Å². The second-order valence-corrected chi connectivity index (χ2v) is 7.71. The molecule has 0 saturated heterocycles. The fraction of sp³-hybridized carbons (Fsp3) is 0.259. The molecule has 0 aromatic heterocycles. The van der Waals surface area contributed by atoms with Gasteiger partial charge in [0.05, 0.1) is 7.11 Å². The Kier molecular flexibility index (Phi) is 9.05. The van der Waals surface area contributed by atoms with Gasteiger partial charge in [0, 0.05) is 29.5 Å². The fourth-order valence-corrected chi connectivity index (χ4v) is 3.41. The summed E-state index contributed by atoms with van der Waals surface area (Å²) in [5.74, 6) is 0.656. The molecule has 0 aliphatic carbocycles. The van der Waals surface area contributed by atoms with Crippen LogP contribution in [0.3, 0.4) is 0 Å². The van der Waals surface area contributed by atoms with Crippen molar-refractivity contribution in [2.75, 3.05) is 37.4 Å². The van der Waals surface area contributed by atoms with E-state index in [0.717, 1.165) is 30.9 Å². The lowest BCUT2D eigenvalue weighted by Crippen LogP contribution is -2.22. The van der Waals surface area contributed by atoms with Gasteiger partial charge in [-0.1, -0.05) is 32.0 Å². The molecule has 0 unspecified atom stereocenters. The molecule has 0 fully saturated rings. The highest BCUT2D eigenvalue weighted by molar-refractivity contribution is 6.04. The molecule has 0 atom stereocenters. The summed E-state index contributed by atoms with van der Waals surface area (Å²) in [6, 6.07) is 21.7. The molecule has 0 radical (unpaired) electrons. The van der Waals surface area contributed by atoms with E-state index in [-0.39, 0.29) is 18.4 Å². The molecule has 34 heavy (non-hydrogen) atoms. The standard InChI is InChI=1S/C27H31N3O4/c1-4-30(5-2)18-20-8-6-9-22(16-20)29-27(32)21-12-14-24(15-13-21)34-19-26(31)28-23-10-7-11-25(17-23)33-3/h6-17H,4-5,18-19H2,1-3H3,(H,28,31)(H,29,32). The van der Waals surface area contributed by atoms with Crippen LogP contribution < -0.4 is 20.1 Å². The van der Waals surface area contributed by atoms with Crippen LogP contribution in [0.4, 0.5) is 11.4 Å². The Morgan fingerprint density at radius 3 is 2.18 bits per heavy atom. The zero-order chi connectivity index (χ0) is 24.3. The zero-order valence-corrected chi connectivity index (χ0v) is 19.8. The lowest BCUT2D eigenvalue weighted by Gasteiger charge is -2.18. The molecule has 7 nitrogen and oxygen atoms in total. The highest BCUT2D eigenvalue weighted by atomic mass is 16.5. The number of anilines is 2. The Morgan fingerprint density at radius 1 is 0.824 bits per heavy atom. The molecule has 3 aromatic rings. The van der Waals surface area contributed by atoms with Crippen LogP contribution in [0.15, 0.2) is 72.8 Å². The Hall–Kier alpha value is -3.84. The maximum atomic E-state index is 12.7. The summed E-state index contributed by atoms with van der Waals surface area (Å²) in [4.78, 5) is 27.1. The number of nitrogens with one attached hydrogen (secondary N) is 2. The molecule has 7 heteroatoms. The van der Waals surface area contributed by atoms with Crippen LogP contribution in [0.2, 0.25) is 0 Å². The first kappa shape index (κ1) is 24.8. The average Bonchev–Trinajstić information content (AvgIpc) is 2.86. The second kappa shape index (κ2) is 12.4. The number of carbonyl (C=O) groups is 2. The highest BCUT2D eigenvalue weighted by Crippen LogP contribution is 2.18. The molecule has 3 rings (SSSR count). The third-order valence-electron chi connectivity index (χ3n) is 5.33. The number of rotatable bonds is 11. The first-order valence-electron chi connectivity index (χ1n) is 11.3. The van der Waals surface area contributed by atoms with Gasteiger partial charge in [0.1, 0.15) is 11.5 Å². The van der Waals surface area contributed by atoms with Gasteiger partial charge < -0.3 is 20.1 Å². The van der Waals surface area contributed by atoms with E-state index in [1.54, 1.807) is 55.6 Å². The summed E-state index contributed by atoms with van der Waals surface area (Å²) in [7, 11) is 1.57. The number of hydrogen-bond donors (Lipinski definition) is 2. The Morgan fingerprint density at radius 2 is 1.50 bits per heavy atom. The minimum Gasteiger partial charge on any atom is -0.497 e. The minimum absolute atomic E-state index is 0.151. The van der Waals surface area contributed by atoms with Crippen LogP contribution in [0.5, 0.6) is 11.5 Å². The number of nitrogens with zero attached hydrogens (tertiary/aromatic N) is 1. The molecular weight excluding hydrogens is 430 g/mol. The topological polar surface area (TPSA) is 79.9 Å². The molecule has 0 spiro atoms. The molecule has 3 aromatic carbocycles. The van der Waals surface area contributed by atoms with Gasteiger partial charge in [0.15, 0.2) is 6.61 Å². The van der Waals surface area contributed by atoms with Crippen molar-refractivity contribution < 1.29 is 19.1 Å². The van der Waals surface area contributed by atoms with E-state index in [0.29, 0.717) is 22.7 Å². The first-order chi connectivity index (χ1) is 16.5. The van der Waals surface area contributed by atoms with Gasteiger partial charge in [0.25, 0.3) is 11.8 Å². The molecular formula is C27H31N3O4. The monoisotopic (exact) mass is 461 g/mol. The van der Waals surface area contributed by atoms with Gasteiger partial charge in [-0.2, -0.15) is 0 Å². The lowest BCUT2D eigenvalue weighted by atomic mass is 10.1. The second-order valence-electron chi connectivity index (χ2n) is 7.71. The van der Waals surface area contributed by atoms with E-state index in [1.165, 1.54) is 0 Å². The molecule has 0 bridgehead atoms. The summed E-state index contributed by atoms with van der Waals surface area (Å²) in [5, 5.41) is 5.70. The van der Waals surface area contributed by atoms with Crippen LogP contribution in [0, 0.1) is 0 Å². The number of ether oxygens (including phenoxy) is 2. The summed E-state index contributed by atoms with van der Waals surface area (Å²) >= 11 is 0. The van der Waals surface area contributed by atoms with Gasteiger partial charge in [-0.15, -0.1) is 0 Å². The van der Waals surface area contributed by atoms with Crippen molar-refractivity contribution in [3.63, 3.8) is 0 Å². The zero-order valence-electron chi connectivity index (χ0n) is 19.8. The third-order valence-corrected chi connectivity index (χ3v) is 5.33. The predicted octanol–water partition coefficient (Wildman–Crippen LogP) is 4.81. The van der Waals surface area contributed by atoms with E-state index in [9.17, 15) is 9.59 Å². The first-order valence-corrected chi connectivity index (χ1v) is 11.3. The summed E-state index contributed by atoms with van der Waals surface area (Å²) < 4.78 is 10.7. The van der Waals surface area contributed by atoms with Gasteiger partial charge in [-0.25, -0.2) is 0 Å². The van der Waals surface area contributed by atoms with Gasteiger partial charge in [-0.05, 0) is 67.2 Å². The minimum atomic E-state index is -0.292. The van der Waals surface area contributed by atoms with Gasteiger partial charge in [0.2, 0.25) is 0 Å². The van der Waals surface area contributed by atoms with E-state index >= 15 is 0 Å². The SMILES string of the molecule is CCN(CC)Cc1cccc(NC(=O)c2ccc(OCC(=O)Nc3cccc(OC)c3)cc2)c1. The van der Waals surface area contributed by atoms with E-state index in [1.807, 2.05) is 18.2 Å². The van der Waals surface area contributed by atoms with Gasteiger partial charge >= 0.3 is 0 Å². The number of benzene rings is 3. The Bertz CT molecular complexity index is 1100. The van der Waals surface area contributed by atoms with Crippen LogP contribution in [0.25, 0.3) is 0 Å². The molecule has 0 aliphatic heterocycles. The van der Waals surface area contributed by atoms with Crippen LogP contribution in [-0.2, 0) is 11.3 Å². The van der Waals surface area contributed by atoms with Crippen molar-refractivity contribution in [2.45, 2.75) is 20.4 Å². The highest BCUT2D eigenvalue weighted by Gasteiger charge is 2.09. The quantitative estimate of drug-likeness (QED) is 0.429. The molecule has 2 N–H and O–H groups in total. The maximum Gasteiger partial charge on any atom is 0.262 e. The van der Waals surface area contributed by atoms with Crippen LogP contribution >= 0.6 is 0 Å². The van der Waals surface area contributed by atoms with Crippen molar-refractivity contribution in [3.05, 3.63) is 83.9 Å². The molecule has 2 amide bonds. The lowest BCUT2D eigenvalue weighted by molar-refractivity contribution is -0.118. The average molecular weight is 462 g/mol. The predicted molar refractivity (Wildman–Crippen MR) is 135 cm³/mol. The number of hydrogen-bond acceptors (Lipinski definition) is 5. The number of amides is 2. The normalized spacial score (nSPS) is 10.6. The number of carbonyl (C=O) groups excluding carboxylic acids is 2. The summed E-state index contributed by atoms with van der Waals surface area (Å²) in [6.07, 6.45) is 0. The smallest absolute Gasteiger partial charge is 0.262 e. The fourth-order valence-electron chi connectivity index (χ4n) is 3.41. The van der Waals surface area contributed by atoms with E-state index in [2.05, 4.69) is 35.4 Å². The summed E-state index contributed by atoms with van der Waals surface area (Å²) in [5.41, 5.74) is 3.03. The Balaban J connectivity index is 1.52. The molecule has 0 heterocycles. The van der Waals surface area contributed by atoms with E-state index in [4.69, 9.17) is 9.47 Å². The van der Waals surface area contributed by atoms with Crippen molar-refractivity contribution in [1.82, 2.24) is 4.90 Å². The van der Waals surface area contributed by atoms with Crippen LogP contribution in [-0.4, -0.2) is 43.5 Å². The third kappa shape index (κ3) is 7.35. The van der Waals surface area contributed by atoms with Gasteiger partial charge in [-0.3, -0.25) is 14.5 Å². The molecule has 0 aliphatic rings. The van der Waals surface area contributed by atoms with Crippen molar-refractivity contribution in [1.29, 1.82) is 0 Å². The molecule has 178 valence electrons. The maximum absolute atomic E-state index is 12.7. The van der Waals surface area contributed by atoms with Crippen molar-refractivity contribution >= 4 is 23.2 Å². The van der Waals surface area contributed by atoms with Crippen molar-refractivity contribution in [2.24, 2.45) is 0 Å². The largest absolute Gasteiger partial charge is 0.497 e. The van der Waals surface area contributed by atoms with E-state index < -0.39 is 0 Å². The molecule has 0 saturated carbocycles. The number of methoxy groups -OCH3 is 1.